The molecule has 0 heterocycles. The third-order valence-corrected chi connectivity index (χ3v) is 5.89. The van der Waals surface area contributed by atoms with Crippen molar-refractivity contribution in [2.45, 2.75) is 25.2 Å². The number of hydrogen-bond acceptors (Lipinski definition) is 3. The molecule has 1 N–H and O–H groups in total. The van der Waals surface area contributed by atoms with E-state index < -0.39 is 38.6 Å². The maximum absolute atomic E-state index is 13.7. The fraction of sp³-hybridized carbons (Fsp3) is 0.294. The summed E-state index contributed by atoms with van der Waals surface area (Å²) in [5.41, 5.74) is 1.30. The summed E-state index contributed by atoms with van der Waals surface area (Å²) in [6, 6.07) is 9.72. The molecule has 0 amide bonds. The van der Waals surface area contributed by atoms with Crippen molar-refractivity contribution in [1.29, 1.82) is 0 Å². The number of benzene rings is 2. The molecule has 2 aromatic rings. The van der Waals surface area contributed by atoms with Gasteiger partial charge < -0.3 is 5.11 Å². The molecule has 2 rings (SSSR count). The Morgan fingerprint density at radius 1 is 1.13 bits per heavy atom. The lowest BCUT2D eigenvalue weighted by atomic mass is 10.1. The standard InChI is InChI=1S/C17H18F2O3S/c1-11-4-3-5-13(8-11)12(2)23(21,22)10-17(20)15-7-6-14(18)9-16(15)19/h3-9,12,17,20H,10H2,1-2H3. The Bertz CT molecular complexity index is 803. The van der Waals surface area contributed by atoms with Crippen LogP contribution in [0.1, 0.15) is 35.0 Å². The van der Waals surface area contributed by atoms with Crippen LogP contribution in [0.3, 0.4) is 0 Å². The lowest BCUT2D eigenvalue weighted by molar-refractivity contribution is 0.196. The largest absolute Gasteiger partial charge is 0.387 e. The molecule has 0 aliphatic carbocycles. The lowest BCUT2D eigenvalue weighted by Gasteiger charge is -2.17. The highest BCUT2D eigenvalue weighted by Crippen LogP contribution is 2.28. The number of aliphatic hydroxyl groups is 1. The summed E-state index contributed by atoms with van der Waals surface area (Å²) < 4.78 is 51.4. The van der Waals surface area contributed by atoms with E-state index in [2.05, 4.69) is 0 Å². The predicted molar refractivity (Wildman–Crippen MR) is 84.7 cm³/mol. The van der Waals surface area contributed by atoms with Crippen molar-refractivity contribution in [2.24, 2.45) is 0 Å². The van der Waals surface area contributed by atoms with Crippen LogP contribution in [-0.2, 0) is 9.84 Å². The third-order valence-electron chi connectivity index (χ3n) is 3.76. The fourth-order valence-electron chi connectivity index (χ4n) is 2.36. The zero-order valence-corrected chi connectivity index (χ0v) is 13.6. The Morgan fingerprint density at radius 2 is 1.83 bits per heavy atom. The molecule has 2 aromatic carbocycles. The molecule has 23 heavy (non-hydrogen) atoms. The van der Waals surface area contributed by atoms with E-state index in [0.29, 0.717) is 11.6 Å². The summed E-state index contributed by atoms with van der Waals surface area (Å²) in [6.45, 7) is 3.38. The molecule has 0 aromatic heterocycles. The van der Waals surface area contributed by atoms with Gasteiger partial charge in [0, 0.05) is 11.6 Å². The zero-order valence-electron chi connectivity index (χ0n) is 12.8. The Balaban J connectivity index is 2.23. The van der Waals surface area contributed by atoms with Gasteiger partial charge in [-0.3, -0.25) is 0 Å². The first-order chi connectivity index (χ1) is 10.7. The van der Waals surface area contributed by atoms with Crippen LogP contribution < -0.4 is 0 Å². The number of aliphatic hydroxyl groups excluding tert-OH is 1. The molecular formula is C17H18F2O3S. The van der Waals surface area contributed by atoms with Crippen molar-refractivity contribution < 1.29 is 22.3 Å². The summed E-state index contributed by atoms with van der Waals surface area (Å²) in [6.07, 6.45) is -1.55. The SMILES string of the molecule is Cc1cccc(C(C)S(=O)(=O)CC(O)c2ccc(F)cc2F)c1. The Kier molecular flexibility index (Phi) is 5.16. The number of halogens is 2. The minimum atomic E-state index is -3.71. The summed E-state index contributed by atoms with van der Waals surface area (Å²) in [7, 11) is -3.71. The smallest absolute Gasteiger partial charge is 0.159 e. The fourth-order valence-corrected chi connectivity index (χ4v) is 3.83. The van der Waals surface area contributed by atoms with Gasteiger partial charge in [-0.2, -0.15) is 0 Å². The molecule has 0 radical (unpaired) electrons. The van der Waals surface area contributed by atoms with E-state index in [1.807, 2.05) is 13.0 Å². The van der Waals surface area contributed by atoms with Gasteiger partial charge in [-0.1, -0.05) is 35.9 Å². The second-order valence-corrected chi connectivity index (χ2v) is 7.93. The lowest BCUT2D eigenvalue weighted by Crippen LogP contribution is -2.20. The van der Waals surface area contributed by atoms with Crippen LogP contribution in [0.2, 0.25) is 0 Å². The van der Waals surface area contributed by atoms with E-state index in [-0.39, 0.29) is 5.56 Å². The van der Waals surface area contributed by atoms with Gasteiger partial charge >= 0.3 is 0 Å². The van der Waals surface area contributed by atoms with Crippen molar-refractivity contribution in [3.8, 4) is 0 Å². The molecule has 0 aliphatic rings. The van der Waals surface area contributed by atoms with Crippen molar-refractivity contribution in [3.63, 3.8) is 0 Å². The van der Waals surface area contributed by atoms with E-state index >= 15 is 0 Å². The average Bonchev–Trinajstić information content (AvgIpc) is 2.45. The first-order valence-corrected chi connectivity index (χ1v) is 8.83. The van der Waals surface area contributed by atoms with Crippen molar-refractivity contribution in [2.75, 3.05) is 5.75 Å². The van der Waals surface area contributed by atoms with Gasteiger partial charge in [-0.05, 0) is 25.5 Å². The molecule has 0 spiro atoms. The minimum Gasteiger partial charge on any atom is -0.387 e. The van der Waals surface area contributed by atoms with Crippen molar-refractivity contribution in [3.05, 3.63) is 70.8 Å². The summed E-state index contributed by atoms with van der Waals surface area (Å²) in [4.78, 5) is 0. The number of hydrogen-bond donors (Lipinski definition) is 1. The van der Waals surface area contributed by atoms with Gasteiger partial charge in [-0.25, -0.2) is 17.2 Å². The minimum absolute atomic E-state index is 0.230. The topological polar surface area (TPSA) is 54.4 Å². The van der Waals surface area contributed by atoms with Gasteiger partial charge in [0.15, 0.2) is 9.84 Å². The molecule has 6 heteroatoms. The van der Waals surface area contributed by atoms with Gasteiger partial charge in [-0.15, -0.1) is 0 Å². The van der Waals surface area contributed by atoms with Crippen LogP contribution in [0.5, 0.6) is 0 Å². The van der Waals surface area contributed by atoms with Crippen molar-refractivity contribution in [1.82, 2.24) is 0 Å². The first-order valence-electron chi connectivity index (χ1n) is 7.12. The Morgan fingerprint density at radius 3 is 2.43 bits per heavy atom. The highest BCUT2D eigenvalue weighted by molar-refractivity contribution is 7.91. The molecule has 0 aliphatic heterocycles. The zero-order chi connectivity index (χ0) is 17.2. The molecule has 0 saturated carbocycles. The highest BCUT2D eigenvalue weighted by atomic mass is 32.2. The number of sulfone groups is 1. The van der Waals surface area contributed by atoms with Crippen LogP contribution >= 0.6 is 0 Å². The molecule has 124 valence electrons. The third kappa shape index (κ3) is 4.14. The van der Waals surface area contributed by atoms with Crippen LogP contribution in [0, 0.1) is 18.6 Å². The quantitative estimate of drug-likeness (QED) is 0.906. The monoisotopic (exact) mass is 340 g/mol. The normalized spacial score (nSPS) is 14.5. The van der Waals surface area contributed by atoms with E-state index in [1.54, 1.807) is 18.2 Å². The molecule has 0 bridgehead atoms. The summed E-state index contributed by atoms with van der Waals surface area (Å²) in [5, 5.41) is 9.20. The Hall–Kier alpha value is -1.79. The maximum Gasteiger partial charge on any atom is 0.159 e. The molecular weight excluding hydrogens is 322 g/mol. The predicted octanol–water partition coefficient (Wildman–Crippen LogP) is 3.48. The number of aryl methyl sites for hydroxylation is 1. The van der Waals surface area contributed by atoms with E-state index in [1.165, 1.54) is 6.92 Å². The Labute approximate surface area is 134 Å². The van der Waals surface area contributed by atoms with E-state index in [4.69, 9.17) is 0 Å². The van der Waals surface area contributed by atoms with Crippen LogP contribution in [0.4, 0.5) is 8.78 Å². The summed E-state index contributed by atoms with van der Waals surface area (Å²) in [5.74, 6) is -2.38. The van der Waals surface area contributed by atoms with Gasteiger partial charge in [0.25, 0.3) is 0 Å². The van der Waals surface area contributed by atoms with Crippen LogP contribution in [-0.4, -0.2) is 19.3 Å². The van der Waals surface area contributed by atoms with Gasteiger partial charge in [0.05, 0.1) is 17.1 Å². The average molecular weight is 340 g/mol. The highest BCUT2D eigenvalue weighted by Gasteiger charge is 2.27. The number of rotatable bonds is 5. The molecule has 0 saturated heterocycles. The van der Waals surface area contributed by atoms with Crippen LogP contribution in [0.15, 0.2) is 42.5 Å². The van der Waals surface area contributed by atoms with Gasteiger partial charge in [0.2, 0.25) is 0 Å². The molecule has 0 fully saturated rings. The second-order valence-electron chi connectivity index (χ2n) is 5.57. The van der Waals surface area contributed by atoms with Crippen LogP contribution in [0.25, 0.3) is 0 Å². The maximum atomic E-state index is 13.7. The molecule has 2 atom stereocenters. The first kappa shape index (κ1) is 17.6. The van der Waals surface area contributed by atoms with Gasteiger partial charge in [0.1, 0.15) is 11.6 Å². The molecule has 3 nitrogen and oxygen atoms in total. The molecule has 2 unspecified atom stereocenters. The van der Waals surface area contributed by atoms with Crippen molar-refractivity contribution >= 4 is 9.84 Å². The second kappa shape index (κ2) is 6.76. The summed E-state index contributed by atoms with van der Waals surface area (Å²) >= 11 is 0. The van der Waals surface area contributed by atoms with E-state index in [0.717, 1.165) is 17.7 Å². The van der Waals surface area contributed by atoms with E-state index in [9.17, 15) is 22.3 Å².